The van der Waals surface area contributed by atoms with Gasteiger partial charge < -0.3 is 10.1 Å². The molecule has 0 fully saturated rings. The maximum absolute atomic E-state index is 12.3. The lowest BCUT2D eigenvalue weighted by molar-refractivity contribution is -0.113. The minimum absolute atomic E-state index is 0.109. The lowest BCUT2D eigenvalue weighted by atomic mass is 10.2. The number of allylic oxidation sites excluding steroid dienone is 1. The quantitative estimate of drug-likeness (QED) is 0.360. The maximum Gasteiger partial charge on any atom is 0.234 e. The first-order valence-corrected chi connectivity index (χ1v) is 10.8. The van der Waals surface area contributed by atoms with E-state index in [4.69, 9.17) is 16.3 Å². The van der Waals surface area contributed by atoms with Gasteiger partial charge in [-0.15, -0.1) is 16.8 Å². The second kappa shape index (κ2) is 10.3. The number of aryl methyl sites for hydroxylation is 1. The van der Waals surface area contributed by atoms with Gasteiger partial charge >= 0.3 is 0 Å². The molecule has 3 aromatic rings. The molecule has 0 bridgehead atoms. The zero-order valence-corrected chi connectivity index (χ0v) is 18.4. The number of hydrogen-bond donors (Lipinski definition) is 1. The molecule has 156 valence electrons. The lowest BCUT2D eigenvalue weighted by Crippen LogP contribution is -2.15. The van der Waals surface area contributed by atoms with Crippen LogP contribution in [0.1, 0.15) is 24.4 Å². The highest BCUT2D eigenvalue weighted by Crippen LogP contribution is 2.26. The Morgan fingerprint density at radius 1 is 1.30 bits per heavy atom. The first-order chi connectivity index (χ1) is 14.5. The van der Waals surface area contributed by atoms with Crippen LogP contribution in [-0.4, -0.2) is 26.4 Å². The van der Waals surface area contributed by atoms with Crippen LogP contribution in [0.2, 0.25) is 5.02 Å². The summed E-state index contributed by atoms with van der Waals surface area (Å²) in [4.78, 5) is 12.3. The highest BCUT2D eigenvalue weighted by molar-refractivity contribution is 7.99. The molecule has 2 aromatic carbocycles. The van der Waals surface area contributed by atoms with Crippen LogP contribution in [0.5, 0.6) is 5.75 Å². The standard InChI is InChI=1S/C22H23ClN4O2S/c1-4-12-27-21(16(3)29-19-7-5-6-17(23)13-19)25-26-22(27)30-14-20(28)24-18-10-8-15(2)9-11-18/h4-11,13,16H,1,12,14H2,2-3H3,(H,24,28). The first-order valence-electron chi connectivity index (χ1n) is 9.42. The van der Waals surface area contributed by atoms with Crippen molar-refractivity contribution in [2.24, 2.45) is 0 Å². The average Bonchev–Trinajstić information content (AvgIpc) is 3.11. The van der Waals surface area contributed by atoms with E-state index in [9.17, 15) is 4.79 Å². The van der Waals surface area contributed by atoms with E-state index in [1.807, 2.05) is 54.8 Å². The number of aromatic nitrogens is 3. The summed E-state index contributed by atoms with van der Waals surface area (Å²) in [7, 11) is 0. The first kappa shape index (κ1) is 21.9. The van der Waals surface area contributed by atoms with Crippen molar-refractivity contribution in [2.45, 2.75) is 31.7 Å². The minimum atomic E-state index is -0.355. The van der Waals surface area contributed by atoms with Gasteiger partial charge in [0.2, 0.25) is 5.91 Å². The number of rotatable bonds is 9. The monoisotopic (exact) mass is 442 g/mol. The van der Waals surface area contributed by atoms with Crippen molar-refractivity contribution in [3.05, 3.63) is 77.6 Å². The molecule has 1 atom stereocenters. The van der Waals surface area contributed by atoms with Gasteiger partial charge in [-0.05, 0) is 44.2 Å². The van der Waals surface area contributed by atoms with Crippen molar-refractivity contribution >= 4 is 35.0 Å². The van der Waals surface area contributed by atoms with Crippen LogP contribution in [0.15, 0.2) is 66.3 Å². The molecule has 1 N–H and O–H groups in total. The highest BCUT2D eigenvalue weighted by atomic mass is 35.5. The molecule has 1 aromatic heterocycles. The van der Waals surface area contributed by atoms with Gasteiger partial charge in [0.25, 0.3) is 0 Å². The van der Waals surface area contributed by atoms with Crippen molar-refractivity contribution in [3.8, 4) is 5.75 Å². The molecule has 1 unspecified atom stereocenters. The van der Waals surface area contributed by atoms with Crippen LogP contribution in [0.25, 0.3) is 0 Å². The summed E-state index contributed by atoms with van der Waals surface area (Å²) in [6.07, 6.45) is 1.40. The summed E-state index contributed by atoms with van der Waals surface area (Å²) in [5.41, 5.74) is 1.91. The fraction of sp³-hybridized carbons (Fsp3) is 0.227. The summed E-state index contributed by atoms with van der Waals surface area (Å²) >= 11 is 7.35. The maximum atomic E-state index is 12.3. The Labute approximate surface area is 185 Å². The molecule has 8 heteroatoms. The molecule has 1 heterocycles. The van der Waals surface area contributed by atoms with Crippen LogP contribution in [0.4, 0.5) is 5.69 Å². The second-order valence-corrected chi connectivity index (χ2v) is 8.04. The molecular formula is C22H23ClN4O2S. The van der Waals surface area contributed by atoms with Crippen LogP contribution >= 0.6 is 23.4 Å². The van der Waals surface area contributed by atoms with E-state index < -0.39 is 0 Å². The Balaban J connectivity index is 1.66. The highest BCUT2D eigenvalue weighted by Gasteiger charge is 2.20. The molecule has 1 amide bonds. The smallest absolute Gasteiger partial charge is 0.234 e. The van der Waals surface area contributed by atoms with Gasteiger partial charge in [-0.1, -0.05) is 53.2 Å². The van der Waals surface area contributed by atoms with Gasteiger partial charge in [0.1, 0.15) is 5.75 Å². The third-order valence-corrected chi connectivity index (χ3v) is 5.40. The molecule has 3 rings (SSSR count). The Kier molecular flexibility index (Phi) is 7.54. The molecule has 0 aliphatic carbocycles. The number of carbonyl (C=O) groups excluding carboxylic acids is 1. The number of nitrogens with one attached hydrogen (secondary N) is 1. The van der Waals surface area contributed by atoms with Crippen molar-refractivity contribution in [3.63, 3.8) is 0 Å². The van der Waals surface area contributed by atoms with E-state index in [0.29, 0.717) is 28.3 Å². The Morgan fingerprint density at radius 3 is 2.77 bits per heavy atom. The third kappa shape index (κ3) is 5.87. The Morgan fingerprint density at radius 2 is 2.07 bits per heavy atom. The summed E-state index contributed by atoms with van der Waals surface area (Å²) in [5, 5.41) is 12.6. The average molecular weight is 443 g/mol. The van der Waals surface area contributed by atoms with Gasteiger partial charge in [-0.3, -0.25) is 9.36 Å². The van der Waals surface area contributed by atoms with Crippen molar-refractivity contribution in [2.75, 3.05) is 11.1 Å². The molecule has 0 aliphatic rings. The van der Waals surface area contributed by atoms with Crippen molar-refractivity contribution < 1.29 is 9.53 Å². The normalized spacial score (nSPS) is 11.7. The van der Waals surface area contributed by atoms with E-state index in [0.717, 1.165) is 11.3 Å². The van der Waals surface area contributed by atoms with Gasteiger partial charge in [-0.25, -0.2) is 0 Å². The molecule has 6 nitrogen and oxygen atoms in total. The van der Waals surface area contributed by atoms with E-state index in [1.165, 1.54) is 11.8 Å². The molecule has 0 radical (unpaired) electrons. The SMILES string of the molecule is C=CCn1c(SCC(=O)Nc2ccc(C)cc2)nnc1C(C)Oc1cccc(Cl)c1. The molecule has 0 aliphatic heterocycles. The predicted molar refractivity (Wildman–Crippen MR) is 121 cm³/mol. The molecule has 0 saturated carbocycles. The molecule has 30 heavy (non-hydrogen) atoms. The zero-order chi connectivity index (χ0) is 21.5. The largest absolute Gasteiger partial charge is 0.483 e. The van der Waals surface area contributed by atoms with Gasteiger partial charge in [-0.2, -0.15) is 0 Å². The number of hydrogen-bond acceptors (Lipinski definition) is 5. The number of anilines is 1. The van der Waals surface area contributed by atoms with E-state index in [1.54, 1.807) is 18.2 Å². The van der Waals surface area contributed by atoms with Crippen LogP contribution < -0.4 is 10.1 Å². The minimum Gasteiger partial charge on any atom is -0.483 e. The van der Waals surface area contributed by atoms with Crippen molar-refractivity contribution in [1.82, 2.24) is 14.8 Å². The predicted octanol–water partition coefficient (Wildman–Crippen LogP) is 5.30. The Hall–Kier alpha value is -2.77. The number of halogens is 1. The number of thioether (sulfide) groups is 1. The summed E-state index contributed by atoms with van der Waals surface area (Å²) in [6, 6.07) is 14.9. The number of benzene rings is 2. The van der Waals surface area contributed by atoms with Crippen LogP contribution in [-0.2, 0) is 11.3 Å². The van der Waals surface area contributed by atoms with E-state index >= 15 is 0 Å². The van der Waals surface area contributed by atoms with Crippen LogP contribution in [0.3, 0.4) is 0 Å². The fourth-order valence-corrected chi connectivity index (χ4v) is 3.70. The van der Waals surface area contributed by atoms with E-state index in [-0.39, 0.29) is 17.8 Å². The number of ether oxygens (including phenoxy) is 1. The zero-order valence-electron chi connectivity index (χ0n) is 16.8. The molecule has 0 spiro atoms. The van der Waals surface area contributed by atoms with Gasteiger partial charge in [0, 0.05) is 17.3 Å². The second-order valence-electron chi connectivity index (χ2n) is 6.66. The summed E-state index contributed by atoms with van der Waals surface area (Å²) in [6.45, 7) is 8.21. The fourth-order valence-electron chi connectivity index (χ4n) is 2.77. The van der Waals surface area contributed by atoms with Crippen LogP contribution in [0, 0.1) is 6.92 Å². The molecule has 0 saturated heterocycles. The summed E-state index contributed by atoms with van der Waals surface area (Å²) in [5.74, 6) is 1.40. The molecular weight excluding hydrogens is 420 g/mol. The van der Waals surface area contributed by atoms with Gasteiger partial charge in [0.15, 0.2) is 17.1 Å². The number of nitrogens with zero attached hydrogens (tertiary/aromatic N) is 3. The van der Waals surface area contributed by atoms with Crippen molar-refractivity contribution in [1.29, 1.82) is 0 Å². The number of amides is 1. The van der Waals surface area contributed by atoms with Gasteiger partial charge in [0.05, 0.1) is 5.75 Å². The van der Waals surface area contributed by atoms with E-state index in [2.05, 4.69) is 22.1 Å². The topological polar surface area (TPSA) is 69.0 Å². The Bertz CT molecular complexity index is 1020. The number of carbonyl (C=O) groups is 1. The third-order valence-electron chi connectivity index (χ3n) is 4.20. The summed E-state index contributed by atoms with van der Waals surface area (Å²) < 4.78 is 7.86. The lowest BCUT2D eigenvalue weighted by Gasteiger charge is -2.16.